The van der Waals surface area contributed by atoms with Gasteiger partial charge >= 0.3 is 0 Å². The minimum absolute atomic E-state index is 0.222. The highest BCUT2D eigenvalue weighted by molar-refractivity contribution is 5.96. The standard InChI is InChI=1S/C10H18N4O2/c1-5-9(6(2)14-13-5)10(16)12-4-8(11)7(3)15/h7-8,15H,4,11H2,1-3H3,(H,12,16)(H,13,14). The Morgan fingerprint density at radius 1 is 1.62 bits per heavy atom. The van der Waals surface area contributed by atoms with Crippen molar-refractivity contribution in [1.29, 1.82) is 0 Å². The molecular weight excluding hydrogens is 208 g/mol. The van der Waals surface area contributed by atoms with Gasteiger partial charge in [-0.25, -0.2) is 0 Å². The third-order valence-electron chi connectivity index (χ3n) is 2.47. The summed E-state index contributed by atoms with van der Waals surface area (Å²) >= 11 is 0. The molecule has 1 aromatic heterocycles. The Morgan fingerprint density at radius 2 is 2.25 bits per heavy atom. The highest BCUT2D eigenvalue weighted by Crippen LogP contribution is 2.08. The number of hydrogen-bond acceptors (Lipinski definition) is 4. The molecule has 90 valence electrons. The number of hydrogen-bond donors (Lipinski definition) is 4. The Labute approximate surface area is 94.2 Å². The molecule has 6 heteroatoms. The molecule has 1 rings (SSSR count). The molecule has 5 N–H and O–H groups in total. The Morgan fingerprint density at radius 3 is 2.69 bits per heavy atom. The number of aliphatic hydroxyl groups excluding tert-OH is 1. The summed E-state index contributed by atoms with van der Waals surface area (Å²) in [7, 11) is 0. The molecule has 0 fully saturated rings. The predicted octanol–water partition coefficient (Wildman–Crippen LogP) is -0.536. The van der Waals surface area contributed by atoms with Gasteiger partial charge < -0.3 is 16.2 Å². The first kappa shape index (κ1) is 12.7. The van der Waals surface area contributed by atoms with Crippen LogP contribution >= 0.6 is 0 Å². The summed E-state index contributed by atoms with van der Waals surface area (Å²) in [5.74, 6) is -0.222. The second-order valence-electron chi connectivity index (χ2n) is 3.92. The topological polar surface area (TPSA) is 104 Å². The van der Waals surface area contributed by atoms with Crippen molar-refractivity contribution in [3.8, 4) is 0 Å². The van der Waals surface area contributed by atoms with Gasteiger partial charge in [0.05, 0.1) is 17.4 Å². The summed E-state index contributed by atoms with van der Waals surface area (Å²) in [4.78, 5) is 11.8. The molecule has 2 atom stereocenters. The van der Waals surface area contributed by atoms with E-state index in [1.54, 1.807) is 20.8 Å². The van der Waals surface area contributed by atoms with Crippen molar-refractivity contribution in [1.82, 2.24) is 15.5 Å². The van der Waals surface area contributed by atoms with E-state index in [1.165, 1.54) is 0 Å². The van der Waals surface area contributed by atoms with Crippen molar-refractivity contribution in [2.75, 3.05) is 6.54 Å². The van der Waals surface area contributed by atoms with Crippen molar-refractivity contribution in [2.45, 2.75) is 32.9 Å². The fourth-order valence-electron chi connectivity index (χ4n) is 1.35. The molecule has 0 aromatic carbocycles. The zero-order valence-corrected chi connectivity index (χ0v) is 9.74. The van der Waals surface area contributed by atoms with Gasteiger partial charge in [0.2, 0.25) is 0 Å². The van der Waals surface area contributed by atoms with E-state index in [0.717, 1.165) is 5.69 Å². The molecule has 0 spiro atoms. The molecule has 16 heavy (non-hydrogen) atoms. The lowest BCUT2D eigenvalue weighted by Gasteiger charge is -2.15. The van der Waals surface area contributed by atoms with Gasteiger partial charge in [-0.3, -0.25) is 9.89 Å². The number of aromatic amines is 1. The molecule has 2 unspecified atom stereocenters. The summed E-state index contributed by atoms with van der Waals surface area (Å²) < 4.78 is 0. The van der Waals surface area contributed by atoms with E-state index < -0.39 is 12.1 Å². The smallest absolute Gasteiger partial charge is 0.255 e. The number of carbonyl (C=O) groups excluding carboxylic acids is 1. The van der Waals surface area contributed by atoms with Crippen LogP contribution in [0.2, 0.25) is 0 Å². The van der Waals surface area contributed by atoms with Crippen molar-refractivity contribution in [3.05, 3.63) is 17.0 Å². The molecule has 1 heterocycles. The molecular formula is C10H18N4O2. The summed E-state index contributed by atoms with van der Waals surface area (Å²) in [5, 5.41) is 18.5. The minimum atomic E-state index is -0.646. The maximum absolute atomic E-state index is 11.8. The first-order valence-corrected chi connectivity index (χ1v) is 5.17. The number of rotatable bonds is 4. The Bertz CT molecular complexity index is 353. The second-order valence-corrected chi connectivity index (χ2v) is 3.92. The van der Waals surface area contributed by atoms with Crippen LogP contribution in [0.5, 0.6) is 0 Å². The fourth-order valence-corrected chi connectivity index (χ4v) is 1.35. The van der Waals surface area contributed by atoms with Crippen LogP contribution < -0.4 is 11.1 Å². The Balaban J connectivity index is 2.60. The minimum Gasteiger partial charge on any atom is -0.392 e. The van der Waals surface area contributed by atoms with Crippen LogP contribution in [0.1, 0.15) is 28.7 Å². The van der Waals surface area contributed by atoms with Crippen LogP contribution in [0.4, 0.5) is 0 Å². The van der Waals surface area contributed by atoms with Gasteiger partial charge in [0.25, 0.3) is 5.91 Å². The number of nitrogens with zero attached hydrogens (tertiary/aromatic N) is 1. The lowest BCUT2D eigenvalue weighted by molar-refractivity contribution is 0.0936. The molecule has 0 aliphatic heterocycles. The summed E-state index contributed by atoms with van der Waals surface area (Å²) in [6, 6.07) is -0.462. The largest absolute Gasteiger partial charge is 0.392 e. The average molecular weight is 226 g/mol. The Kier molecular flexibility index (Phi) is 4.03. The van der Waals surface area contributed by atoms with Crippen LogP contribution in [0.15, 0.2) is 0 Å². The highest BCUT2D eigenvalue weighted by atomic mass is 16.3. The van der Waals surface area contributed by atoms with Gasteiger partial charge in [0.1, 0.15) is 0 Å². The van der Waals surface area contributed by atoms with Crippen molar-refractivity contribution >= 4 is 5.91 Å². The molecule has 0 radical (unpaired) electrons. The maximum atomic E-state index is 11.8. The number of aromatic nitrogens is 2. The number of nitrogens with two attached hydrogens (primary N) is 1. The van der Waals surface area contributed by atoms with Gasteiger partial charge in [-0.1, -0.05) is 0 Å². The number of carbonyl (C=O) groups is 1. The number of aliphatic hydroxyl groups is 1. The number of amides is 1. The van der Waals surface area contributed by atoms with Crippen LogP contribution in [-0.2, 0) is 0 Å². The quantitative estimate of drug-likeness (QED) is 0.553. The first-order chi connectivity index (χ1) is 7.43. The van der Waals surface area contributed by atoms with Gasteiger partial charge in [0.15, 0.2) is 0 Å². The van der Waals surface area contributed by atoms with Crippen molar-refractivity contribution in [2.24, 2.45) is 5.73 Å². The fraction of sp³-hybridized carbons (Fsp3) is 0.600. The molecule has 1 aromatic rings. The zero-order valence-electron chi connectivity index (χ0n) is 9.74. The zero-order chi connectivity index (χ0) is 12.3. The summed E-state index contributed by atoms with van der Waals surface area (Å²) in [6.07, 6.45) is -0.646. The maximum Gasteiger partial charge on any atom is 0.255 e. The van der Waals surface area contributed by atoms with E-state index in [4.69, 9.17) is 5.73 Å². The molecule has 1 amide bonds. The summed E-state index contributed by atoms with van der Waals surface area (Å²) in [6.45, 7) is 5.36. The molecule has 0 aliphatic carbocycles. The number of aryl methyl sites for hydroxylation is 2. The molecule has 6 nitrogen and oxygen atoms in total. The van der Waals surface area contributed by atoms with E-state index in [1.807, 2.05) is 0 Å². The summed E-state index contributed by atoms with van der Waals surface area (Å²) in [5.41, 5.74) is 7.52. The Hall–Kier alpha value is -1.40. The van der Waals surface area contributed by atoms with E-state index >= 15 is 0 Å². The molecule has 0 saturated heterocycles. The van der Waals surface area contributed by atoms with E-state index in [2.05, 4.69) is 15.5 Å². The normalized spacial score (nSPS) is 14.6. The predicted molar refractivity (Wildman–Crippen MR) is 60.1 cm³/mol. The molecule has 0 saturated carbocycles. The third-order valence-corrected chi connectivity index (χ3v) is 2.47. The van der Waals surface area contributed by atoms with Crippen molar-refractivity contribution in [3.63, 3.8) is 0 Å². The first-order valence-electron chi connectivity index (χ1n) is 5.17. The molecule has 0 bridgehead atoms. The lowest BCUT2D eigenvalue weighted by atomic mass is 10.1. The van der Waals surface area contributed by atoms with Crippen LogP contribution in [0.25, 0.3) is 0 Å². The third kappa shape index (κ3) is 2.80. The van der Waals surface area contributed by atoms with Gasteiger partial charge in [-0.2, -0.15) is 5.10 Å². The SMILES string of the molecule is Cc1n[nH]c(C)c1C(=O)NCC(N)C(C)O. The monoisotopic (exact) mass is 226 g/mol. The van der Waals surface area contributed by atoms with E-state index in [9.17, 15) is 9.90 Å². The van der Waals surface area contributed by atoms with Crippen molar-refractivity contribution < 1.29 is 9.90 Å². The lowest BCUT2D eigenvalue weighted by Crippen LogP contribution is -2.43. The number of H-pyrrole nitrogens is 1. The van der Waals surface area contributed by atoms with Crippen LogP contribution in [-0.4, -0.2) is 39.9 Å². The second kappa shape index (κ2) is 5.09. The highest BCUT2D eigenvalue weighted by Gasteiger charge is 2.16. The van der Waals surface area contributed by atoms with E-state index in [-0.39, 0.29) is 12.5 Å². The average Bonchev–Trinajstić information content (AvgIpc) is 2.54. The number of nitrogens with one attached hydrogen (secondary N) is 2. The van der Waals surface area contributed by atoms with Gasteiger partial charge in [-0.15, -0.1) is 0 Å². The van der Waals surface area contributed by atoms with Crippen LogP contribution in [0.3, 0.4) is 0 Å². The van der Waals surface area contributed by atoms with Gasteiger partial charge in [-0.05, 0) is 20.8 Å². The van der Waals surface area contributed by atoms with E-state index in [0.29, 0.717) is 11.3 Å². The molecule has 0 aliphatic rings. The van der Waals surface area contributed by atoms with Gasteiger partial charge in [0, 0.05) is 18.3 Å². The van der Waals surface area contributed by atoms with Crippen LogP contribution in [0, 0.1) is 13.8 Å².